The molecule has 0 aliphatic carbocycles. The van der Waals surface area contributed by atoms with Crippen molar-refractivity contribution in [1.29, 1.82) is 0 Å². The lowest BCUT2D eigenvalue weighted by Crippen LogP contribution is -2.50. The van der Waals surface area contributed by atoms with Gasteiger partial charge < -0.3 is 19.5 Å². The van der Waals surface area contributed by atoms with Crippen LogP contribution in [0, 0.1) is 12.7 Å². The van der Waals surface area contributed by atoms with Gasteiger partial charge in [0.2, 0.25) is 5.95 Å². The summed E-state index contributed by atoms with van der Waals surface area (Å²) in [6.07, 6.45) is 6.06. The number of aryl methyl sites for hydroxylation is 1. The van der Waals surface area contributed by atoms with E-state index in [1.165, 1.54) is 0 Å². The lowest BCUT2D eigenvalue weighted by molar-refractivity contribution is 0.0590. The highest BCUT2D eigenvalue weighted by atomic mass is 19.1. The van der Waals surface area contributed by atoms with Crippen LogP contribution in [0.5, 0.6) is 0 Å². The highest BCUT2D eigenvalue weighted by Gasteiger charge is 2.25. The van der Waals surface area contributed by atoms with Gasteiger partial charge in [-0.1, -0.05) is 0 Å². The number of hydrogen-bond acceptors (Lipinski definition) is 8. The molecule has 196 valence electrons. The van der Waals surface area contributed by atoms with Crippen molar-refractivity contribution >= 4 is 17.5 Å². The van der Waals surface area contributed by atoms with Crippen molar-refractivity contribution in [2.75, 3.05) is 44.7 Å². The molecule has 5 rings (SSSR count). The summed E-state index contributed by atoms with van der Waals surface area (Å²) in [5, 5.41) is 3.08. The fourth-order valence-electron chi connectivity index (χ4n) is 4.97. The molecule has 0 spiro atoms. The van der Waals surface area contributed by atoms with Gasteiger partial charge in [-0.2, -0.15) is 0 Å². The predicted octanol–water partition coefficient (Wildman–Crippen LogP) is 3.44. The van der Waals surface area contributed by atoms with Crippen LogP contribution in [0.15, 0.2) is 30.7 Å². The molecule has 1 amide bonds. The minimum atomic E-state index is -0.518. The number of pyridine rings is 1. The molecule has 0 radical (unpaired) electrons. The van der Waals surface area contributed by atoms with Crippen molar-refractivity contribution in [3.05, 3.63) is 48.1 Å². The molecule has 2 fully saturated rings. The van der Waals surface area contributed by atoms with E-state index in [0.29, 0.717) is 49.4 Å². The van der Waals surface area contributed by atoms with Gasteiger partial charge in [0.25, 0.3) is 5.91 Å². The normalized spacial score (nSPS) is 17.4. The first kappa shape index (κ1) is 25.2. The van der Waals surface area contributed by atoms with E-state index in [1.807, 2.05) is 16.4 Å². The topological polar surface area (TPSA) is 101 Å². The van der Waals surface area contributed by atoms with Crippen LogP contribution in [0.4, 0.5) is 16.0 Å². The number of nitrogens with zero attached hydrogens (tertiary/aromatic N) is 7. The third-order valence-corrected chi connectivity index (χ3v) is 7.10. The van der Waals surface area contributed by atoms with Crippen molar-refractivity contribution in [2.45, 2.75) is 45.7 Å². The van der Waals surface area contributed by atoms with Gasteiger partial charge in [-0.15, -0.1) is 0 Å². The molecule has 3 aromatic rings. The molecule has 0 unspecified atom stereocenters. The second-order valence-electron chi connectivity index (χ2n) is 9.77. The van der Waals surface area contributed by atoms with E-state index in [0.717, 1.165) is 38.0 Å². The molecule has 2 aliphatic rings. The first-order chi connectivity index (χ1) is 17.9. The molecule has 2 aliphatic heterocycles. The zero-order chi connectivity index (χ0) is 25.9. The van der Waals surface area contributed by atoms with E-state index in [9.17, 15) is 9.18 Å². The molecule has 37 heavy (non-hydrogen) atoms. The number of rotatable bonds is 6. The molecule has 3 aromatic heterocycles. The quantitative estimate of drug-likeness (QED) is 0.540. The van der Waals surface area contributed by atoms with E-state index >= 15 is 0 Å². The van der Waals surface area contributed by atoms with E-state index in [-0.39, 0.29) is 23.6 Å². The SMILES string of the molecule is Cc1ncc(-c2nc(Nc3ccc(C(=O)N4CCN(C(C)C)CC4)nc3)ncc2F)n1C1CCOCC1. The van der Waals surface area contributed by atoms with Gasteiger partial charge in [-0.3, -0.25) is 9.69 Å². The lowest BCUT2D eigenvalue weighted by Gasteiger charge is -2.36. The van der Waals surface area contributed by atoms with Gasteiger partial charge >= 0.3 is 0 Å². The predicted molar refractivity (Wildman–Crippen MR) is 137 cm³/mol. The Morgan fingerprint density at radius 3 is 2.49 bits per heavy atom. The average molecular weight is 509 g/mol. The Labute approximate surface area is 215 Å². The van der Waals surface area contributed by atoms with Gasteiger partial charge in [0.05, 0.1) is 30.0 Å². The Morgan fingerprint density at radius 2 is 1.81 bits per heavy atom. The average Bonchev–Trinajstić information content (AvgIpc) is 3.31. The van der Waals surface area contributed by atoms with Crippen LogP contribution in [0.25, 0.3) is 11.4 Å². The van der Waals surface area contributed by atoms with Crippen LogP contribution in [0.3, 0.4) is 0 Å². The van der Waals surface area contributed by atoms with E-state index in [1.54, 1.807) is 24.5 Å². The van der Waals surface area contributed by atoms with Crippen LogP contribution >= 0.6 is 0 Å². The van der Waals surface area contributed by atoms with Gasteiger partial charge in [-0.25, -0.2) is 24.3 Å². The maximum atomic E-state index is 14.9. The Morgan fingerprint density at radius 1 is 1.05 bits per heavy atom. The van der Waals surface area contributed by atoms with E-state index in [4.69, 9.17) is 4.74 Å². The number of amides is 1. The number of halogens is 1. The summed E-state index contributed by atoms with van der Waals surface area (Å²) in [6, 6.07) is 4.10. The van der Waals surface area contributed by atoms with Gasteiger partial charge in [-0.05, 0) is 45.7 Å². The first-order valence-electron chi connectivity index (χ1n) is 12.8. The van der Waals surface area contributed by atoms with Crippen molar-refractivity contribution in [2.24, 2.45) is 0 Å². The molecule has 5 heterocycles. The fraction of sp³-hybridized carbons (Fsp3) is 0.500. The molecule has 0 saturated carbocycles. The second-order valence-corrected chi connectivity index (χ2v) is 9.77. The van der Waals surface area contributed by atoms with Crippen LogP contribution < -0.4 is 5.32 Å². The Hall–Kier alpha value is -3.44. The largest absolute Gasteiger partial charge is 0.381 e. The lowest BCUT2D eigenvalue weighted by atomic mass is 10.1. The molecule has 1 N–H and O–H groups in total. The summed E-state index contributed by atoms with van der Waals surface area (Å²) in [7, 11) is 0. The number of aromatic nitrogens is 5. The molecule has 2 saturated heterocycles. The molecule has 0 bridgehead atoms. The van der Waals surface area contributed by atoms with Crippen molar-refractivity contribution < 1.29 is 13.9 Å². The highest BCUT2D eigenvalue weighted by molar-refractivity contribution is 5.92. The number of ether oxygens (including phenoxy) is 1. The number of carbonyl (C=O) groups excluding carboxylic acids is 1. The zero-order valence-electron chi connectivity index (χ0n) is 21.5. The standard InChI is InChI=1S/C26H33FN8O2/c1-17(2)33-8-10-34(11-9-33)25(36)22-5-4-19(14-29-22)31-26-30-15-21(27)24(32-26)23-16-28-18(3)35(23)20-6-12-37-13-7-20/h4-5,14-17,20H,6-13H2,1-3H3,(H,30,31,32). The van der Waals surface area contributed by atoms with Crippen LogP contribution in [-0.4, -0.2) is 85.6 Å². The second kappa shape index (κ2) is 10.9. The summed E-state index contributed by atoms with van der Waals surface area (Å²) >= 11 is 0. The summed E-state index contributed by atoms with van der Waals surface area (Å²) in [4.78, 5) is 34.4. The number of hydrogen-bond donors (Lipinski definition) is 1. The van der Waals surface area contributed by atoms with Gasteiger partial charge in [0.1, 0.15) is 17.2 Å². The van der Waals surface area contributed by atoms with E-state index < -0.39 is 5.82 Å². The zero-order valence-corrected chi connectivity index (χ0v) is 21.5. The summed E-state index contributed by atoms with van der Waals surface area (Å²) in [6.45, 7) is 10.7. The van der Waals surface area contributed by atoms with Crippen molar-refractivity contribution in [3.8, 4) is 11.4 Å². The smallest absolute Gasteiger partial charge is 0.272 e. The maximum absolute atomic E-state index is 14.9. The minimum Gasteiger partial charge on any atom is -0.381 e. The molecule has 0 aromatic carbocycles. The molecular weight excluding hydrogens is 475 g/mol. The molecule has 11 heteroatoms. The van der Waals surface area contributed by atoms with Crippen LogP contribution in [0.2, 0.25) is 0 Å². The maximum Gasteiger partial charge on any atom is 0.272 e. The third-order valence-electron chi connectivity index (χ3n) is 7.10. The van der Waals surface area contributed by atoms with Gasteiger partial charge in [0.15, 0.2) is 5.82 Å². The molecular formula is C26H33FN8O2. The molecule has 10 nitrogen and oxygen atoms in total. The van der Waals surface area contributed by atoms with Crippen LogP contribution in [-0.2, 0) is 4.74 Å². The number of imidazole rings is 1. The monoisotopic (exact) mass is 508 g/mol. The van der Waals surface area contributed by atoms with Crippen molar-refractivity contribution in [3.63, 3.8) is 0 Å². The Bertz CT molecular complexity index is 1230. The van der Waals surface area contributed by atoms with Crippen molar-refractivity contribution in [1.82, 2.24) is 34.3 Å². The minimum absolute atomic E-state index is 0.0768. The number of piperazine rings is 1. The summed E-state index contributed by atoms with van der Waals surface area (Å²) < 4.78 is 22.4. The Balaban J connectivity index is 1.30. The molecule has 0 atom stereocenters. The fourth-order valence-corrected chi connectivity index (χ4v) is 4.97. The third kappa shape index (κ3) is 5.47. The first-order valence-corrected chi connectivity index (χ1v) is 12.8. The summed E-state index contributed by atoms with van der Waals surface area (Å²) in [5.74, 6) is 0.450. The number of anilines is 2. The number of carbonyl (C=O) groups is 1. The van der Waals surface area contributed by atoms with Crippen LogP contribution in [0.1, 0.15) is 49.0 Å². The summed E-state index contributed by atoms with van der Waals surface area (Å²) in [5.41, 5.74) is 1.79. The highest BCUT2D eigenvalue weighted by Crippen LogP contribution is 2.31. The van der Waals surface area contributed by atoms with E-state index in [2.05, 4.69) is 44.0 Å². The number of nitrogens with one attached hydrogen (secondary N) is 1. The Kier molecular flexibility index (Phi) is 7.43. The van der Waals surface area contributed by atoms with Gasteiger partial charge in [0, 0.05) is 51.5 Å².